The van der Waals surface area contributed by atoms with Crippen molar-refractivity contribution in [3.63, 3.8) is 0 Å². The molecule has 3 aliphatic rings. The molecule has 0 aromatic heterocycles. The summed E-state index contributed by atoms with van der Waals surface area (Å²) in [7, 11) is 0. The smallest absolute Gasteiger partial charge is 0.276 e. The maximum atomic E-state index is 12.3. The zero-order chi connectivity index (χ0) is 17.5. The Labute approximate surface area is 164 Å². The lowest BCUT2D eigenvalue weighted by molar-refractivity contribution is -0.115. The van der Waals surface area contributed by atoms with E-state index in [0.717, 1.165) is 38.2 Å². The SMILES string of the molecule is Cl.O=C1NC(N2CCNCC2)=N/C1=C/c1ccc2c(c1)Cc1ccccc1-2. The van der Waals surface area contributed by atoms with Crippen molar-refractivity contribution in [1.29, 1.82) is 0 Å². The molecule has 6 heteroatoms. The molecule has 5 nitrogen and oxygen atoms in total. The third-order valence-electron chi connectivity index (χ3n) is 5.22. The molecular weight excluding hydrogens is 360 g/mol. The van der Waals surface area contributed by atoms with Crippen molar-refractivity contribution in [3.05, 3.63) is 64.9 Å². The summed E-state index contributed by atoms with van der Waals surface area (Å²) in [5.41, 5.74) is 6.79. The number of carbonyl (C=O) groups excluding carboxylic acids is 1. The van der Waals surface area contributed by atoms with Crippen LogP contribution in [0.3, 0.4) is 0 Å². The first-order valence-corrected chi connectivity index (χ1v) is 9.06. The van der Waals surface area contributed by atoms with E-state index in [0.29, 0.717) is 11.7 Å². The zero-order valence-electron chi connectivity index (χ0n) is 14.9. The average Bonchev–Trinajstić information content (AvgIpc) is 3.22. The van der Waals surface area contributed by atoms with Gasteiger partial charge in [-0.25, -0.2) is 4.99 Å². The van der Waals surface area contributed by atoms with Crippen LogP contribution in [0, 0.1) is 0 Å². The Morgan fingerprint density at radius 3 is 2.63 bits per heavy atom. The van der Waals surface area contributed by atoms with Crippen LogP contribution < -0.4 is 10.6 Å². The molecule has 1 amide bonds. The number of halogens is 1. The largest absolute Gasteiger partial charge is 0.340 e. The van der Waals surface area contributed by atoms with Gasteiger partial charge in [0.15, 0.2) is 0 Å². The first-order chi connectivity index (χ1) is 12.8. The Morgan fingerprint density at radius 2 is 1.78 bits per heavy atom. The van der Waals surface area contributed by atoms with Gasteiger partial charge in [-0.1, -0.05) is 42.5 Å². The maximum absolute atomic E-state index is 12.3. The van der Waals surface area contributed by atoms with Crippen LogP contribution in [0.2, 0.25) is 0 Å². The number of piperazine rings is 1. The van der Waals surface area contributed by atoms with E-state index in [4.69, 9.17) is 0 Å². The first kappa shape index (κ1) is 17.8. The molecule has 0 spiro atoms. The highest BCUT2D eigenvalue weighted by Crippen LogP contribution is 2.37. The lowest BCUT2D eigenvalue weighted by Crippen LogP contribution is -2.50. The number of fused-ring (bicyclic) bond motifs is 3. The van der Waals surface area contributed by atoms with Crippen LogP contribution in [0.5, 0.6) is 0 Å². The topological polar surface area (TPSA) is 56.7 Å². The number of amides is 1. The summed E-state index contributed by atoms with van der Waals surface area (Å²) in [4.78, 5) is 19.0. The quantitative estimate of drug-likeness (QED) is 0.637. The molecular formula is C21H21ClN4O. The second-order valence-corrected chi connectivity index (χ2v) is 6.91. The van der Waals surface area contributed by atoms with Crippen molar-refractivity contribution in [2.45, 2.75) is 6.42 Å². The summed E-state index contributed by atoms with van der Waals surface area (Å²) in [5, 5.41) is 6.21. The van der Waals surface area contributed by atoms with E-state index in [1.54, 1.807) is 0 Å². The van der Waals surface area contributed by atoms with Crippen LogP contribution in [-0.2, 0) is 11.2 Å². The van der Waals surface area contributed by atoms with Gasteiger partial charge in [0.1, 0.15) is 5.70 Å². The van der Waals surface area contributed by atoms with Crippen molar-refractivity contribution in [3.8, 4) is 11.1 Å². The van der Waals surface area contributed by atoms with Crippen LogP contribution in [0.15, 0.2) is 53.2 Å². The molecule has 0 unspecified atom stereocenters. The molecule has 138 valence electrons. The van der Waals surface area contributed by atoms with Crippen LogP contribution in [-0.4, -0.2) is 42.9 Å². The van der Waals surface area contributed by atoms with Crippen LogP contribution >= 0.6 is 12.4 Å². The monoisotopic (exact) mass is 380 g/mol. The molecule has 1 saturated heterocycles. The van der Waals surface area contributed by atoms with Gasteiger partial charge in [0.25, 0.3) is 5.91 Å². The molecule has 2 heterocycles. The normalized spacial score (nSPS) is 19.3. The average molecular weight is 381 g/mol. The Kier molecular flexibility index (Phi) is 4.72. The lowest BCUT2D eigenvalue weighted by Gasteiger charge is -2.28. The summed E-state index contributed by atoms with van der Waals surface area (Å²) in [5.74, 6) is 0.554. The third kappa shape index (κ3) is 3.24. The minimum absolute atomic E-state index is 0. The predicted molar refractivity (Wildman–Crippen MR) is 110 cm³/mol. The second-order valence-electron chi connectivity index (χ2n) is 6.91. The van der Waals surface area contributed by atoms with E-state index >= 15 is 0 Å². The molecule has 0 atom stereocenters. The van der Waals surface area contributed by atoms with Gasteiger partial charge >= 0.3 is 0 Å². The van der Waals surface area contributed by atoms with Crippen molar-refractivity contribution >= 4 is 30.3 Å². The van der Waals surface area contributed by atoms with Crippen molar-refractivity contribution in [2.75, 3.05) is 26.2 Å². The molecule has 1 aliphatic carbocycles. The van der Waals surface area contributed by atoms with Gasteiger partial charge in [0, 0.05) is 26.2 Å². The fourth-order valence-corrected chi connectivity index (χ4v) is 3.90. The van der Waals surface area contributed by atoms with Gasteiger partial charge in [-0.2, -0.15) is 0 Å². The highest BCUT2D eigenvalue weighted by atomic mass is 35.5. The third-order valence-corrected chi connectivity index (χ3v) is 5.22. The number of guanidine groups is 1. The van der Waals surface area contributed by atoms with Gasteiger partial charge in [-0.05, 0) is 40.3 Å². The second kappa shape index (κ2) is 7.18. The van der Waals surface area contributed by atoms with Crippen LogP contribution in [0.1, 0.15) is 16.7 Å². The highest BCUT2D eigenvalue weighted by Gasteiger charge is 2.25. The van der Waals surface area contributed by atoms with Crippen LogP contribution in [0.4, 0.5) is 0 Å². The fourth-order valence-electron chi connectivity index (χ4n) is 3.90. The Morgan fingerprint density at radius 1 is 1.00 bits per heavy atom. The van der Waals surface area contributed by atoms with Crippen molar-refractivity contribution < 1.29 is 4.79 Å². The Balaban J connectivity index is 0.00000180. The number of aliphatic imine (C=N–C) groups is 1. The van der Waals surface area contributed by atoms with Gasteiger partial charge in [0.05, 0.1) is 0 Å². The first-order valence-electron chi connectivity index (χ1n) is 9.06. The van der Waals surface area contributed by atoms with Gasteiger partial charge in [-0.3, -0.25) is 10.1 Å². The number of hydrogen-bond donors (Lipinski definition) is 2. The number of benzene rings is 2. The summed E-state index contributed by atoms with van der Waals surface area (Å²) >= 11 is 0. The van der Waals surface area contributed by atoms with Gasteiger partial charge in [0.2, 0.25) is 5.96 Å². The number of rotatable bonds is 1. The molecule has 1 fully saturated rings. The van der Waals surface area contributed by atoms with E-state index < -0.39 is 0 Å². The number of nitrogens with one attached hydrogen (secondary N) is 2. The van der Waals surface area contributed by atoms with Crippen LogP contribution in [0.25, 0.3) is 17.2 Å². The molecule has 0 saturated carbocycles. The number of hydrogen-bond acceptors (Lipinski definition) is 4. The minimum Gasteiger partial charge on any atom is -0.340 e. The number of carbonyl (C=O) groups is 1. The molecule has 2 aliphatic heterocycles. The molecule has 2 aromatic rings. The summed E-state index contributed by atoms with van der Waals surface area (Å²) in [6.45, 7) is 3.56. The molecule has 2 N–H and O–H groups in total. The molecule has 2 aromatic carbocycles. The summed E-state index contributed by atoms with van der Waals surface area (Å²) in [6, 6.07) is 14.9. The van der Waals surface area contributed by atoms with Crippen molar-refractivity contribution in [2.24, 2.45) is 4.99 Å². The van der Waals surface area contributed by atoms with Gasteiger partial charge in [-0.15, -0.1) is 12.4 Å². The van der Waals surface area contributed by atoms with E-state index in [9.17, 15) is 4.79 Å². The van der Waals surface area contributed by atoms with Gasteiger partial charge < -0.3 is 10.2 Å². The highest BCUT2D eigenvalue weighted by molar-refractivity contribution is 6.13. The van der Waals surface area contributed by atoms with E-state index in [1.165, 1.54) is 22.3 Å². The molecule has 0 radical (unpaired) electrons. The number of nitrogens with zero attached hydrogens (tertiary/aromatic N) is 2. The predicted octanol–water partition coefficient (Wildman–Crippen LogP) is 2.41. The summed E-state index contributed by atoms with van der Waals surface area (Å²) in [6.07, 6.45) is 2.83. The maximum Gasteiger partial charge on any atom is 0.276 e. The van der Waals surface area contributed by atoms with E-state index in [1.807, 2.05) is 6.08 Å². The Bertz CT molecular complexity index is 960. The lowest BCUT2D eigenvalue weighted by atomic mass is 10.0. The zero-order valence-corrected chi connectivity index (χ0v) is 15.7. The standard InChI is InChI=1S/C21H20N4O.ClH/c26-20-19(23-21(24-20)25-9-7-22-8-10-25)12-14-5-6-18-16(11-14)13-15-3-1-2-4-17(15)18;/h1-6,11-12,22H,7-10,13H2,(H,23,24,26);1H/b19-12+;. The molecule has 0 bridgehead atoms. The van der Waals surface area contributed by atoms with E-state index in [-0.39, 0.29) is 18.3 Å². The van der Waals surface area contributed by atoms with E-state index in [2.05, 4.69) is 63.0 Å². The molecule has 27 heavy (non-hydrogen) atoms. The Hall–Kier alpha value is -2.63. The fraction of sp³-hybridized carbons (Fsp3) is 0.238. The summed E-state index contributed by atoms with van der Waals surface area (Å²) < 4.78 is 0. The molecule has 5 rings (SSSR count). The van der Waals surface area contributed by atoms with Crippen molar-refractivity contribution in [1.82, 2.24) is 15.5 Å². The minimum atomic E-state index is -0.123.